The van der Waals surface area contributed by atoms with Gasteiger partial charge in [0.1, 0.15) is 5.78 Å². The molecule has 1 aliphatic heterocycles. The number of nitrogens with zero attached hydrogens (tertiary/aromatic N) is 2. The maximum atomic E-state index is 12.7. The van der Waals surface area contributed by atoms with Gasteiger partial charge in [0, 0.05) is 36.1 Å². The molecule has 134 valence electrons. The molecule has 3 rings (SSSR count). The Labute approximate surface area is 152 Å². The van der Waals surface area contributed by atoms with Gasteiger partial charge in [0.25, 0.3) is 5.69 Å². The topological polar surface area (TPSA) is 85.1 Å². The second-order valence-corrected chi connectivity index (χ2v) is 6.88. The first-order valence-electron chi connectivity index (χ1n) is 8.45. The molecule has 0 bridgehead atoms. The van der Waals surface area contributed by atoms with Crippen molar-refractivity contribution in [2.24, 2.45) is 5.92 Å². The summed E-state index contributed by atoms with van der Waals surface area (Å²) in [6.07, 6.45) is 5.43. The second-order valence-electron chi connectivity index (χ2n) is 6.88. The Morgan fingerprint density at radius 2 is 2.08 bits per heavy atom. The van der Waals surface area contributed by atoms with E-state index >= 15 is 0 Å². The van der Waals surface area contributed by atoms with Gasteiger partial charge in [-0.15, -0.1) is 0 Å². The van der Waals surface area contributed by atoms with Gasteiger partial charge in [-0.2, -0.15) is 0 Å². The summed E-state index contributed by atoms with van der Waals surface area (Å²) in [4.78, 5) is 27.6. The van der Waals surface area contributed by atoms with E-state index in [1.807, 2.05) is 38.1 Å². The zero-order valence-electron chi connectivity index (χ0n) is 15.0. The zero-order valence-corrected chi connectivity index (χ0v) is 15.0. The normalized spacial score (nSPS) is 25.1. The molecule has 6 nitrogen and oxygen atoms in total. The molecule has 0 radical (unpaired) electrons. The van der Waals surface area contributed by atoms with Crippen molar-refractivity contribution < 1.29 is 9.72 Å². The summed E-state index contributed by atoms with van der Waals surface area (Å²) in [5, 5.41) is 14.6. The van der Waals surface area contributed by atoms with Crippen molar-refractivity contribution in [2.75, 3.05) is 0 Å². The van der Waals surface area contributed by atoms with Crippen LogP contribution in [0.1, 0.15) is 37.8 Å². The van der Waals surface area contributed by atoms with E-state index in [0.717, 1.165) is 16.8 Å². The molecule has 1 aromatic carbocycles. The Hall–Kier alpha value is -3.02. The largest absolute Gasteiger partial charge is 0.379 e. The van der Waals surface area contributed by atoms with Crippen LogP contribution in [0, 0.1) is 16.0 Å². The van der Waals surface area contributed by atoms with Crippen molar-refractivity contribution in [3.8, 4) is 0 Å². The summed E-state index contributed by atoms with van der Waals surface area (Å²) in [7, 11) is 0. The van der Waals surface area contributed by atoms with Crippen molar-refractivity contribution in [3.05, 3.63) is 81.8 Å². The maximum Gasteiger partial charge on any atom is 0.269 e. The molecule has 1 N–H and O–H groups in total. The summed E-state index contributed by atoms with van der Waals surface area (Å²) in [5.41, 5.74) is 1.95. The van der Waals surface area contributed by atoms with Crippen LogP contribution in [0.5, 0.6) is 0 Å². The predicted octanol–water partition coefficient (Wildman–Crippen LogP) is 3.70. The first kappa shape index (κ1) is 17.8. The van der Waals surface area contributed by atoms with Crippen molar-refractivity contribution >= 4 is 11.5 Å². The number of carbonyl (C=O) groups excluding carboxylic acids is 1. The summed E-state index contributed by atoms with van der Waals surface area (Å²) < 4.78 is 0. The lowest BCUT2D eigenvalue weighted by atomic mass is 9.67. The van der Waals surface area contributed by atoms with E-state index in [2.05, 4.69) is 10.3 Å². The minimum atomic E-state index is -0.659. The van der Waals surface area contributed by atoms with E-state index in [4.69, 9.17) is 0 Å². The van der Waals surface area contributed by atoms with Gasteiger partial charge in [0.05, 0.1) is 16.4 Å². The van der Waals surface area contributed by atoms with Crippen LogP contribution in [0.15, 0.2) is 60.6 Å². The van der Waals surface area contributed by atoms with E-state index in [0.29, 0.717) is 0 Å². The van der Waals surface area contributed by atoms with Gasteiger partial charge in [0.2, 0.25) is 0 Å². The molecule has 6 heteroatoms. The van der Waals surface area contributed by atoms with Crippen molar-refractivity contribution in [1.82, 2.24) is 10.3 Å². The van der Waals surface area contributed by atoms with Crippen molar-refractivity contribution in [2.45, 2.75) is 32.2 Å². The van der Waals surface area contributed by atoms with Crippen LogP contribution in [0.4, 0.5) is 5.69 Å². The van der Waals surface area contributed by atoms with E-state index < -0.39 is 16.4 Å². The molecule has 0 saturated heterocycles. The summed E-state index contributed by atoms with van der Waals surface area (Å²) >= 11 is 0. The molecule has 1 aromatic heterocycles. The Morgan fingerprint density at radius 1 is 1.31 bits per heavy atom. The quantitative estimate of drug-likeness (QED) is 0.670. The predicted molar refractivity (Wildman–Crippen MR) is 98.5 cm³/mol. The smallest absolute Gasteiger partial charge is 0.269 e. The highest BCUT2D eigenvalue weighted by molar-refractivity contribution is 5.82. The number of benzene rings is 1. The second kappa shape index (κ2) is 6.71. The standard InChI is InChI=1S/C20H21N3O3/c1-13-10-18(15-6-4-8-17(11-15)23(25)26)19(14(2)24)20(3,22-13)16-7-5-9-21-12-16/h4-12,18-19,22H,1-3H3. The number of hydrogen-bond acceptors (Lipinski definition) is 5. The average Bonchev–Trinajstić information content (AvgIpc) is 2.61. The van der Waals surface area contributed by atoms with Gasteiger partial charge in [-0.05, 0) is 38.0 Å². The molecule has 26 heavy (non-hydrogen) atoms. The number of pyridine rings is 1. The van der Waals surface area contributed by atoms with Gasteiger partial charge >= 0.3 is 0 Å². The molecular weight excluding hydrogens is 330 g/mol. The Bertz CT molecular complexity index is 879. The molecule has 3 atom stereocenters. The van der Waals surface area contributed by atoms with Crippen LogP contribution in [-0.4, -0.2) is 15.7 Å². The van der Waals surface area contributed by atoms with Crippen LogP contribution < -0.4 is 5.32 Å². The molecule has 2 aromatic rings. The number of aromatic nitrogens is 1. The molecule has 0 fully saturated rings. The minimum Gasteiger partial charge on any atom is -0.379 e. The third-order valence-corrected chi connectivity index (χ3v) is 5.03. The van der Waals surface area contributed by atoms with Crippen LogP contribution in [-0.2, 0) is 10.3 Å². The number of nitro benzene ring substituents is 1. The number of rotatable bonds is 4. The van der Waals surface area contributed by atoms with Crippen molar-refractivity contribution in [3.63, 3.8) is 0 Å². The summed E-state index contributed by atoms with van der Waals surface area (Å²) in [6.45, 7) is 5.49. The lowest BCUT2D eigenvalue weighted by molar-refractivity contribution is -0.384. The van der Waals surface area contributed by atoms with Gasteiger partial charge < -0.3 is 5.32 Å². The van der Waals surface area contributed by atoms with Crippen LogP contribution in [0.3, 0.4) is 0 Å². The first-order chi connectivity index (χ1) is 12.3. The number of carbonyl (C=O) groups is 1. The molecule has 1 aliphatic rings. The lowest BCUT2D eigenvalue weighted by Crippen LogP contribution is -2.52. The van der Waals surface area contributed by atoms with Gasteiger partial charge in [-0.1, -0.05) is 24.3 Å². The molecule has 0 spiro atoms. The van der Waals surface area contributed by atoms with Crippen LogP contribution >= 0.6 is 0 Å². The fourth-order valence-electron chi connectivity index (χ4n) is 3.97. The van der Waals surface area contributed by atoms with Crippen LogP contribution in [0.25, 0.3) is 0 Å². The number of nitro groups is 1. The zero-order chi connectivity index (χ0) is 18.9. The highest BCUT2D eigenvalue weighted by Gasteiger charge is 2.46. The third kappa shape index (κ3) is 3.10. The fraction of sp³-hybridized carbons (Fsp3) is 0.300. The number of Topliss-reactive ketones (excluding diaryl/α,β-unsaturated/α-hetero) is 1. The Balaban J connectivity index is 2.15. The lowest BCUT2D eigenvalue weighted by Gasteiger charge is -2.45. The number of non-ortho nitro benzene ring substituents is 1. The Morgan fingerprint density at radius 3 is 2.69 bits per heavy atom. The SMILES string of the molecule is CC(=O)C1C(c2cccc([N+](=O)[O-])c2)C=C(C)NC1(C)c1cccnc1. The number of nitrogens with one attached hydrogen (secondary N) is 1. The number of allylic oxidation sites excluding steroid dienone is 2. The molecule has 3 unspecified atom stereocenters. The van der Waals surface area contributed by atoms with Gasteiger partial charge in [-0.25, -0.2) is 0 Å². The van der Waals surface area contributed by atoms with E-state index in [-0.39, 0.29) is 17.4 Å². The van der Waals surface area contributed by atoms with Gasteiger partial charge in [0.15, 0.2) is 0 Å². The average molecular weight is 351 g/mol. The highest BCUT2D eigenvalue weighted by Crippen LogP contribution is 2.44. The molecule has 0 amide bonds. The third-order valence-electron chi connectivity index (χ3n) is 5.03. The Kier molecular flexibility index (Phi) is 4.59. The molecule has 2 heterocycles. The van der Waals surface area contributed by atoms with E-state index in [1.54, 1.807) is 31.5 Å². The molecule has 0 aliphatic carbocycles. The minimum absolute atomic E-state index is 0.0177. The number of hydrogen-bond donors (Lipinski definition) is 1. The highest BCUT2D eigenvalue weighted by atomic mass is 16.6. The molecular formula is C20H21N3O3. The number of ketones is 1. The van der Waals surface area contributed by atoms with E-state index in [9.17, 15) is 14.9 Å². The van der Waals surface area contributed by atoms with Crippen LogP contribution in [0.2, 0.25) is 0 Å². The molecule has 0 saturated carbocycles. The van der Waals surface area contributed by atoms with Gasteiger partial charge in [-0.3, -0.25) is 19.9 Å². The monoisotopic (exact) mass is 351 g/mol. The fourth-order valence-corrected chi connectivity index (χ4v) is 3.97. The van der Waals surface area contributed by atoms with Crippen molar-refractivity contribution in [1.29, 1.82) is 0 Å². The van der Waals surface area contributed by atoms with E-state index in [1.165, 1.54) is 6.07 Å². The summed E-state index contributed by atoms with van der Waals surface area (Å²) in [5.74, 6) is -0.666. The summed E-state index contributed by atoms with van der Waals surface area (Å²) in [6, 6.07) is 10.3. The maximum absolute atomic E-state index is 12.7. The first-order valence-corrected chi connectivity index (χ1v) is 8.45.